The number of amides is 2. The second kappa shape index (κ2) is 8.27. The molecule has 3 rings (SSSR count). The van der Waals surface area contributed by atoms with Crippen LogP contribution in [0.1, 0.15) is 32.3 Å². The normalized spacial score (nSPS) is 19.1. The van der Waals surface area contributed by atoms with Crippen LogP contribution >= 0.6 is 0 Å². The molecule has 0 saturated carbocycles. The number of rotatable bonds is 5. The van der Waals surface area contributed by atoms with Gasteiger partial charge in [0, 0.05) is 24.8 Å². The van der Waals surface area contributed by atoms with Crippen LogP contribution in [0.4, 0.5) is 10.5 Å². The number of carbonyl (C=O) groups is 1. The van der Waals surface area contributed by atoms with E-state index in [1.807, 2.05) is 25.1 Å². The summed E-state index contributed by atoms with van der Waals surface area (Å²) in [6.07, 6.45) is 4.06. The molecule has 2 N–H and O–H groups in total. The lowest BCUT2D eigenvalue weighted by atomic mass is 9.99. The zero-order chi connectivity index (χ0) is 18.5. The monoisotopic (exact) mass is 357 g/mol. The zero-order valence-corrected chi connectivity index (χ0v) is 15.6. The highest BCUT2D eigenvalue weighted by molar-refractivity contribution is 5.90. The quantitative estimate of drug-likeness (QED) is 0.857. The van der Waals surface area contributed by atoms with E-state index in [0.29, 0.717) is 12.6 Å². The van der Waals surface area contributed by atoms with Gasteiger partial charge in [0.2, 0.25) is 0 Å². The molecular formula is C18H27N7O. The first kappa shape index (κ1) is 18.3. The van der Waals surface area contributed by atoms with Crippen LogP contribution in [-0.4, -0.2) is 56.8 Å². The van der Waals surface area contributed by atoms with Gasteiger partial charge in [-0.15, -0.1) is 5.10 Å². The lowest BCUT2D eigenvalue weighted by molar-refractivity contribution is 0.138. The van der Waals surface area contributed by atoms with E-state index in [2.05, 4.69) is 44.9 Å². The SMILES string of the molecule is Cc1ccc(-n2cnnn2)cc1NC(=O)NC[C@H](C)N1CCC[C@@H](C)C1. The molecule has 8 heteroatoms. The number of carbonyl (C=O) groups excluding carboxylic acids is 1. The van der Waals surface area contributed by atoms with E-state index < -0.39 is 0 Å². The summed E-state index contributed by atoms with van der Waals surface area (Å²) >= 11 is 0. The summed E-state index contributed by atoms with van der Waals surface area (Å²) in [5, 5.41) is 17.1. The Bertz CT molecular complexity index is 731. The molecule has 2 amide bonds. The van der Waals surface area contributed by atoms with Crippen LogP contribution in [0.3, 0.4) is 0 Å². The molecule has 1 aliphatic heterocycles. The maximum Gasteiger partial charge on any atom is 0.319 e. The summed E-state index contributed by atoms with van der Waals surface area (Å²) in [5.74, 6) is 0.733. The van der Waals surface area contributed by atoms with Gasteiger partial charge in [0.15, 0.2) is 0 Å². The predicted molar refractivity (Wildman–Crippen MR) is 100 cm³/mol. The Labute approximate surface area is 154 Å². The minimum absolute atomic E-state index is 0.195. The van der Waals surface area contributed by atoms with Crippen molar-refractivity contribution >= 4 is 11.7 Å². The second-order valence-electron chi connectivity index (χ2n) is 7.18. The number of nitrogens with one attached hydrogen (secondary N) is 2. The number of nitrogens with zero attached hydrogens (tertiary/aromatic N) is 5. The molecule has 1 aromatic carbocycles. The van der Waals surface area contributed by atoms with E-state index in [0.717, 1.165) is 35.9 Å². The first-order chi connectivity index (χ1) is 12.5. The highest BCUT2D eigenvalue weighted by Gasteiger charge is 2.21. The molecule has 1 aliphatic rings. The van der Waals surface area contributed by atoms with Crippen LogP contribution in [-0.2, 0) is 0 Å². The number of hydrogen-bond donors (Lipinski definition) is 2. The Morgan fingerprint density at radius 1 is 1.42 bits per heavy atom. The van der Waals surface area contributed by atoms with Crippen LogP contribution in [0.15, 0.2) is 24.5 Å². The van der Waals surface area contributed by atoms with Gasteiger partial charge in [-0.2, -0.15) is 0 Å². The van der Waals surface area contributed by atoms with Crippen molar-refractivity contribution in [2.45, 2.75) is 39.7 Å². The Morgan fingerprint density at radius 2 is 2.27 bits per heavy atom. The fourth-order valence-corrected chi connectivity index (χ4v) is 3.33. The van der Waals surface area contributed by atoms with Crippen molar-refractivity contribution in [1.82, 2.24) is 30.4 Å². The maximum atomic E-state index is 12.3. The van der Waals surface area contributed by atoms with Gasteiger partial charge in [0.1, 0.15) is 6.33 Å². The number of anilines is 1. The fourth-order valence-electron chi connectivity index (χ4n) is 3.33. The number of hydrogen-bond acceptors (Lipinski definition) is 5. The Balaban J connectivity index is 1.55. The average molecular weight is 357 g/mol. The summed E-state index contributed by atoms with van der Waals surface area (Å²) < 4.78 is 1.56. The van der Waals surface area contributed by atoms with Crippen LogP contribution in [0, 0.1) is 12.8 Å². The molecule has 2 atom stereocenters. The van der Waals surface area contributed by atoms with Crippen molar-refractivity contribution in [3.63, 3.8) is 0 Å². The topological polar surface area (TPSA) is 88.0 Å². The number of benzene rings is 1. The van der Waals surface area contributed by atoms with Gasteiger partial charge in [-0.1, -0.05) is 13.0 Å². The van der Waals surface area contributed by atoms with Gasteiger partial charge in [-0.25, -0.2) is 9.48 Å². The summed E-state index contributed by atoms with van der Waals surface area (Å²) in [5.41, 5.74) is 2.52. The van der Waals surface area contributed by atoms with Crippen molar-refractivity contribution < 1.29 is 4.79 Å². The van der Waals surface area contributed by atoms with Crippen molar-refractivity contribution in [2.75, 3.05) is 25.0 Å². The Morgan fingerprint density at radius 3 is 3.00 bits per heavy atom. The summed E-state index contributed by atoms with van der Waals surface area (Å²) in [4.78, 5) is 14.8. The Kier molecular flexibility index (Phi) is 5.82. The molecule has 0 bridgehead atoms. The molecule has 1 fully saturated rings. The number of piperidine rings is 1. The van der Waals surface area contributed by atoms with Gasteiger partial charge in [-0.3, -0.25) is 4.90 Å². The molecule has 2 heterocycles. The van der Waals surface area contributed by atoms with Crippen LogP contribution in [0.25, 0.3) is 5.69 Å². The second-order valence-corrected chi connectivity index (χ2v) is 7.18. The first-order valence-electron chi connectivity index (χ1n) is 9.16. The van der Waals surface area contributed by atoms with Crippen molar-refractivity contribution in [1.29, 1.82) is 0 Å². The lowest BCUT2D eigenvalue weighted by Crippen LogP contribution is -2.47. The lowest BCUT2D eigenvalue weighted by Gasteiger charge is -2.35. The third-order valence-corrected chi connectivity index (χ3v) is 4.95. The summed E-state index contributed by atoms with van der Waals surface area (Å²) in [7, 11) is 0. The molecule has 0 radical (unpaired) electrons. The van der Waals surface area contributed by atoms with Crippen molar-refractivity contribution in [3.8, 4) is 5.69 Å². The maximum absolute atomic E-state index is 12.3. The number of aryl methyl sites for hydroxylation is 1. The molecule has 0 aliphatic carbocycles. The first-order valence-corrected chi connectivity index (χ1v) is 9.16. The zero-order valence-electron chi connectivity index (χ0n) is 15.6. The van der Waals surface area contributed by atoms with E-state index in [1.54, 1.807) is 4.68 Å². The molecule has 8 nitrogen and oxygen atoms in total. The molecule has 2 aromatic rings. The standard InChI is InChI=1S/C18H27N7O/c1-13-5-4-8-24(11-13)15(3)10-19-18(26)21-17-9-16(7-6-14(17)2)25-12-20-22-23-25/h6-7,9,12-13,15H,4-5,8,10-11H2,1-3H3,(H2,19,21,26)/t13-,15+/m1/s1. The third-order valence-electron chi connectivity index (χ3n) is 4.95. The van der Waals surface area contributed by atoms with Crippen molar-refractivity contribution in [3.05, 3.63) is 30.1 Å². The van der Waals surface area contributed by atoms with E-state index in [4.69, 9.17) is 0 Å². The molecule has 140 valence electrons. The number of likely N-dealkylation sites (tertiary alicyclic amines) is 1. The largest absolute Gasteiger partial charge is 0.336 e. The van der Waals surface area contributed by atoms with Crippen molar-refractivity contribution in [2.24, 2.45) is 5.92 Å². The van der Waals surface area contributed by atoms with E-state index in [1.165, 1.54) is 19.2 Å². The molecule has 0 unspecified atom stereocenters. The molecule has 1 aromatic heterocycles. The number of tetrazole rings is 1. The van der Waals surface area contributed by atoms with E-state index in [9.17, 15) is 4.79 Å². The highest BCUT2D eigenvalue weighted by Crippen LogP contribution is 2.19. The van der Waals surface area contributed by atoms with Crippen LogP contribution in [0.2, 0.25) is 0 Å². The summed E-state index contributed by atoms with van der Waals surface area (Å²) in [6, 6.07) is 5.84. The van der Waals surface area contributed by atoms with E-state index >= 15 is 0 Å². The fraction of sp³-hybridized carbons (Fsp3) is 0.556. The molecule has 0 spiro atoms. The Hall–Kier alpha value is -2.48. The third kappa shape index (κ3) is 4.57. The van der Waals surface area contributed by atoms with Gasteiger partial charge in [-0.05, 0) is 67.3 Å². The van der Waals surface area contributed by atoms with Gasteiger partial charge in [0.25, 0.3) is 0 Å². The minimum atomic E-state index is -0.195. The van der Waals surface area contributed by atoms with Gasteiger partial charge >= 0.3 is 6.03 Å². The van der Waals surface area contributed by atoms with E-state index in [-0.39, 0.29) is 6.03 Å². The van der Waals surface area contributed by atoms with Crippen LogP contribution < -0.4 is 10.6 Å². The molecule has 1 saturated heterocycles. The summed E-state index contributed by atoms with van der Waals surface area (Å²) in [6.45, 7) is 9.27. The average Bonchev–Trinajstić information content (AvgIpc) is 3.16. The molecular weight excluding hydrogens is 330 g/mol. The predicted octanol–water partition coefficient (Wildman–Crippen LogP) is 2.21. The minimum Gasteiger partial charge on any atom is -0.336 e. The number of aromatic nitrogens is 4. The van der Waals surface area contributed by atoms with Gasteiger partial charge in [0.05, 0.1) is 5.69 Å². The highest BCUT2D eigenvalue weighted by atomic mass is 16.2. The molecule has 26 heavy (non-hydrogen) atoms. The van der Waals surface area contributed by atoms with Crippen LogP contribution in [0.5, 0.6) is 0 Å². The number of urea groups is 1. The van der Waals surface area contributed by atoms with Gasteiger partial charge < -0.3 is 10.6 Å². The smallest absolute Gasteiger partial charge is 0.319 e.